The van der Waals surface area contributed by atoms with Gasteiger partial charge in [-0.3, -0.25) is 38.4 Å². The van der Waals surface area contributed by atoms with E-state index in [1.807, 2.05) is 0 Å². The van der Waals surface area contributed by atoms with Gasteiger partial charge in [0, 0.05) is 40.4 Å². The minimum atomic E-state index is -5.66. The van der Waals surface area contributed by atoms with Gasteiger partial charge in [-0.1, -0.05) is 5.04 Å². The molecular weight excluding hydrogens is 1050 g/mol. The van der Waals surface area contributed by atoms with E-state index >= 15 is 0 Å². The van der Waals surface area contributed by atoms with Crippen molar-refractivity contribution in [3.8, 4) is 11.5 Å². The van der Waals surface area contributed by atoms with Gasteiger partial charge in [0.05, 0.1) is 43.4 Å². The van der Waals surface area contributed by atoms with Gasteiger partial charge in [0.25, 0.3) is 51.8 Å². The molecule has 0 spiro atoms. The van der Waals surface area contributed by atoms with E-state index < -0.39 is 171 Å². The third-order valence-electron chi connectivity index (χ3n) is 9.08. The first-order valence-electron chi connectivity index (χ1n) is 17.5. The van der Waals surface area contributed by atoms with Crippen molar-refractivity contribution in [2.75, 3.05) is 5.73 Å². The number of hydrogen-bond donors (Lipinski definition) is 9. The van der Waals surface area contributed by atoms with Crippen LogP contribution in [0.4, 0.5) is 51.2 Å². The molecule has 0 fully saturated rings. The zero-order valence-electron chi connectivity index (χ0n) is 33.2. The summed E-state index contributed by atoms with van der Waals surface area (Å²) in [5, 5.41) is 85.5. The van der Waals surface area contributed by atoms with Crippen LogP contribution in [0, 0.1) is 20.2 Å². The number of nitro benzene ring substituents is 2. The summed E-state index contributed by atoms with van der Waals surface area (Å²) in [5.41, 5.74) is -2.23. The number of azo groups is 3. The van der Waals surface area contributed by atoms with Crippen molar-refractivity contribution in [2.45, 2.75) is 24.5 Å². The Morgan fingerprint density at radius 3 is 1.67 bits per heavy atom. The summed E-state index contributed by atoms with van der Waals surface area (Å²) >= 11 is -0.0291. The Balaban J connectivity index is 1.58. The molecular formula is C33H21N9O23S5. The number of aromatic carboxylic acids is 1. The number of hydrogen-bond acceptors (Lipinski definition) is 26. The highest BCUT2D eigenvalue weighted by atomic mass is 32.2. The van der Waals surface area contributed by atoms with Crippen LogP contribution in [-0.2, 0) is 49.8 Å². The number of carbonyl (C=O) groups is 1. The lowest BCUT2D eigenvalue weighted by Crippen LogP contribution is -2.03. The predicted molar refractivity (Wildman–Crippen MR) is 231 cm³/mol. The van der Waals surface area contributed by atoms with E-state index in [1.54, 1.807) is 0 Å². The fourth-order valence-electron chi connectivity index (χ4n) is 6.16. The monoisotopic (exact) mass is 1070 g/mol. The molecule has 0 atom stereocenters. The molecule has 0 aliphatic rings. The van der Waals surface area contributed by atoms with Gasteiger partial charge in [-0.25, -0.2) is 10.1 Å². The molecule has 0 aliphatic carbocycles. The number of carboxylic acid groups (broad SMARTS) is 1. The molecule has 0 aromatic heterocycles. The summed E-state index contributed by atoms with van der Waals surface area (Å²) in [6, 6.07) is 7.08. The van der Waals surface area contributed by atoms with Crippen molar-refractivity contribution in [3.05, 3.63) is 92.5 Å². The van der Waals surface area contributed by atoms with E-state index in [1.165, 1.54) is 0 Å². The Morgan fingerprint density at radius 1 is 0.586 bits per heavy atom. The molecule has 6 rings (SSSR count). The van der Waals surface area contributed by atoms with Crippen LogP contribution in [0.5, 0.6) is 11.5 Å². The fraction of sp³-hybridized carbons (Fsp3) is 0. The SMILES string of the molecule is Nc1c(N=Nc2ccc3c(O)c(N=Nc4ccc([N+](=O)[O-])cc4C(=O)O)c(S(=O)(=O)O)cc3c2S(=O)(=O)O)cc(S(=O)(=O)O)c2cc(SOOO)c(N=Nc3ccc([N+](=O)[O-])cc3S(=O)(=O)O)c(O)c12. The molecule has 32 nitrogen and oxygen atoms in total. The van der Waals surface area contributed by atoms with Crippen LogP contribution in [0.25, 0.3) is 21.5 Å². The summed E-state index contributed by atoms with van der Waals surface area (Å²) in [4.78, 5) is 26.5. The van der Waals surface area contributed by atoms with E-state index in [2.05, 4.69) is 40.1 Å². The van der Waals surface area contributed by atoms with Gasteiger partial charge < -0.3 is 21.1 Å². The molecule has 0 saturated carbocycles. The lowest BCUT2D eigenvalue weighted by atomic mass is 10.0. The number of phenols is 2. The molecule has 70 heavy (non-hydrogen) atoms. The molecule has 0 radical (unpaired) electrons. The lowest BCUT2D eigenvalue weighted by molar-refractivity contribution is -0.432. The van der Waals surface area contributed by atoms with E-state index in [0.29, 0.717) is 36.4 Å². The van der Waals surface area contributed by atoms with Crippen molar-refractivity contribution in [1.82, 2.24) is 0 Å². The summed E-state index contributed by atoms with van der Waals surface area (Å²) in [5.74, 6) is -4.29. The summed E-state index contributed by atoms with van der Waals surface area (Å²) in [6.07, 6.45) is 0. The number of aromatic hydroxyl groups is 2. The van der Waals surface area contributed by atoms with Crippen molar-refractivity contribution in [1.29, 1.82) is 0 Å². The highest BCUT2D eigenvalue weighted by Gasteiger charge is 2.30. The number of fused-ring (bicyclic) bond motifs is 2. The van der Waals surface area contributed by atoms with Gasteiger partial charge in [0.15, 0.2) is 11.5 Å². The first-order valence-corrected chi connectivity index (χ1v) is 24.0. The number of phenolic OH excluding ortho intramolecular Hbond substituents is 2. The van der Waals surface area contributed by atoms with Crippen molar-refractivity contribution >= 4 is 131 Å². The molecule has 0 saturated heterocycles. The number of anilines is 1. The third-order valence-corrected chi connectivity index (χ3v) is 13.3. The normalized spacial score (nSPS) is 12.8. The number of nitrogens with two attached hydrogens (primary N) is 1. The number of carboxylic acids is 1. The van der Waals surface area contributed by atoms with Crippen LogP contribution in [0.1, 0.15) is 10.4 Å². The average molecular weight is 1070 g/mol. The minimum absolute atomic E-state index is 0.0291. The van der Waals surface area contributed by atoms with Crippen LogP contribution in [0.15, 0.2) is 122 Å². The number of benzene rings is 6. The zero-order valence-corrected chi connectivity index (χ0v) is 37.3. The number of non-ortho nitro benzene ring substituents is 2. The molecule has 6 aromatic carbocycles. The number of nitrogen functional groups attached to an aromatic ring is 1. The summed E-state index contributed by atoms with van der Waals surface area (Å²) < 4.78 is 146. The van der Waals surface area contributed by atoms with Gasteiger partial charge in [-0.2, -0.15) is 33.7 Å². The highest BCUT2D eigenvalue weighted by Crippen LogP contribution is 2.51. The first kappa shape index (κ1) is 51.6. The molecule has 37 heteroatoms. The number of nitrogens with zero attached hydrogens (tertiary/aromatic N) is 8. The van der Waals surface area contributed by atoms with E-state index in [9.17, 15) is 92.2 Å². The standard InChI is InChI=1S/C33H21N9O23S5/c34-27-21(11-23(67(52,53)54)17-9-22(66-65-64-51)28(31(44)26(17)27)39-36-19-5-2-13(42(49)50)8-24(19)68(55,56)57)38-37-20-6-3-14-15(32(20)70(61,62)63)10-25(69(58,59)60)29(30(14)43)40-35-18-4-1-12(41(47)48)7-16(18)33(45)46/h1-11,43-44,51H,34H2,(H,45,46)(H,52,53,54)(H,55,56,57)(H,58,59,60)(H,61,62,63). The van der Waals surface area contributed by atoms with Gasteiger partial charge in [-0.15, -0.1) is 35.0 Å². The second-order valence-electron chi connectivity index (χ2n) is 13.3. The molecule has 0 heterocycles. The second kappa shape index (κ2) is 18.9. The van der Waals surface area contributed by atoms with Crippen LogP contribution in [0.3, 0.4) is 0 Å². The van der Waals surface area contributed by atoms with Gasteiger partial charge in [0.1, 0.15) is 53.7 Å². The second-order valence-corrected chi connectivity index (χ2v) is 19.6. The van der Waals surface area contributed by atoms with Crippen LogP contribution < -0.4 is 5.73 Å². The fourth-order valence-corrected chi connectivity index (χ4v) is 9.46. The average Bonchev–Trinajstić information content (AvgIpc) is 3.25. The maximum Gasteiger partial charge on any atom is 0.338 e. The summed E-state index contributed by atoms with van der Waals surface area (Å²) in [7, 11) is -22.0. The van der Waals surface area contributed by atoms with Crippen molar-refractivity contribution < 1.29 is 96.5 Å². The quantitative estimate of drug-likeness (QED) is 0.00882. The Bertz CT molecular complexity index is 3850. The molecule has 0 bridgehead atoms. The van der Waals surface area contributed by atoms with Crippen LogP contribution >= 0.6 is 12.0 Å². The van der Waals surface area contributed by atoms with Crippen LogP contribution in [0.2, 0.25) is 0 Å². The van der Waals surface area contributed by atoms with Gasteiger partial charge in [0.2, 0.25) is 0 Å². The van der Waals surface area contributed by atoms with Gasteiger partial charge in [-0.05, 0) is 42.5 Å². The zero-order chi connectivity index (χ0) is 52.0. The maximum absolute atomic E-state index is 12.9. The molecule has 10 N–H and O–H groups in total. The van der Waals surface area contributed by atoms with Crippen molar-refractivity contribution in [3.63, 3.8) is 0 Å². The number of nitro groups is 2. The van der Waals surface area contributed by atoms with E-state index in [0.717, 1.165) is 30.3 Å². The van der Waals surface area contributed by atoms with Crippen molar-refractivity contribution in [2.24, 2.45) is 30.7 Å². The minimum Gasteiger partial charge on any atom is -0.505 e. The molecule has 6 aromatic rings. The third kappa shape index (κ3) is 10.4. The smallest absolute Gasteiger partial charge is 0.338 e. The Labute approximate surface area is 391 Å². The largest absolute Gasteiger partial charge is 0.505 e. The van der Waals surface area contributed by atoms with Gasteiger partial charge >= 0.3 is 5.97 Å². The van der Waals surface area contributed by atoms with Crippen LogP contribution in [-0.4, -0.2) is 88.3 Å². The Kier molecular flexibility index (Phi) is 13.9. The molecule has 0 unspecified atom stereocenters. The maximum atomic E-state index is 12.9. The molecule has 0 amide bonds. The highest BCUT2D eigenvalue weighted by molar-refractivity contribution is 7.94. The first-order chi connectivity index (χ1) is 32.4. The Hall–Kier alpha value is -7.82. The molecule has 366 valence electrons. The predicted octanol–water partition coefficient (Wildman–Crippen LogP) is 7.16. The molecule has 0 aliphatic heterocycles. The topological polar surface area (TPSA) is 520 Å². The number of rotatable bonds is 16. The van der Waals surface area contributed by atoms with E-state index in [-0.39, 0.29) is 12.0 Å². The lowest BCUT2D eigenvalue weighted by Gasteiger charge is -2.15. The Morgan fingerprint density at radius 2 is 1.11 bits per heavy atom. The summed E-state index contributed by atoms with van der Waals surface area (Å²) in [6.45, 7) is 0. The van der Waals surface area contributed by atoms with E-state index in [4.69, 9.17) is 11.0 Å².